The third kappa shape index (κ3) is 5.13. The van der Waals surface area contributed by atoms with Gasteiger partial charge in [-0.15, -0.1) is 0 Å². The first-order valence-electron chi connectivity index (χ1n) is 8.00. The van der Waals surface area contributed by atoms with Crippen LogP contribution in [0.3, 0.4) is 0 Å². The van der Waals surface area contributed by atoms with E-state index in [1.807, 2.05) is 0 Å². The van der Waals surface area contributed by atoms with E-state index in [-0.39, 0.29) is 23.8 Å². The number of carbonyl (C=O) groups excluding carboxylic acids is 1. The Morgan fingerprint density at radius 2 is 1.95 bits per heavy atom. The third-order valence-corrected chi connectivity index (χ3v) is 4.70. The topological polar surface area (TPSA) is 49.3 Å². The van der Waals surface area contributed by atoms with Crippen molar-refractivity contribution in [3.63, 3.8) is 0 Å². The number of hydrogen-bond acceptors (Lipinski definition) is 2. The first kappa shape index (κ1) is 16.5. The highest BCUT2D eigenvalue weighted by molar-refractivity contribution is 5.78. The molecule has 1 fully saturated rings. The lowest BCUT2D eigenvalue weighted by molar-refractivity contribution is -0.126. The number of aliphatic hydroxyl groups is 1. The molecule has 0 bridgehead atoms. The summed E-state index contributed by atoms with van der Waals surface area (Å²) in [4.78, 5) is 12.0. The summed E-state index contributed by atoms with van der Waals surface area (Å²) in [5, 5.41) is 12.5. The Hall–Kier alpha value is -0.570. The minimum Gasteiger partial charge on any atom is -0.396 e. The standard InChI is InChI=1S/C16H31NO2/c1-3-4-5-6-9-14(15(19)17-2)12-16(13-18)10-7-8-11-16/h14,18H,3-13H2,1-2H3,(H,17,19). The molecule has 1 saturated carbocycles. The summed E-state index contributed by atoms with van der Waals surface area (Å²) in [5.74, 6) is 0.253. The van der Waals surface area contributed by atoms with Crippen LogP contribution < -0.4 is 5.32 Å². The SMILES string of the molecule is CCCCCCC(CC1(CO)CCCC1)C(=O)NC. The number of nitrogens with one attached hydrogen (secondary N) is 1. The van der Waals surface area contributed by atoms with Crippen LogP contribution in [0.1, 0.15) is 71.1 Å². The molecule has 1 rings (SSSR count). The van der Waals surface area contributed by atoms with Gasteiger partial charge < -0.3 is 10.4 Å². The summed E-state index contributed by atoms with van der Waals surface area (Å²) in [7, 11) is 1.72. The lowest BCUT2D eigenvalue weighted by Crippen LogP contribution is -2.34. The predicted octanol–water partition coefficient (Wildman–Crippen LogP) is 3.26. The summed E-state index contributed by atoms with van der Waals surface area (Å²) in [6, 6.07) is 0. The smallest absolute Gasteiger partial charge is 0.222 e. The molecule has 0 heterocycles. The molecule has 112 valence electrons. The normalized spacial score (nSPS) is 19.3. The Bertz CT molecular complexity index is 259. The average molecular weight is 269 g/mol. The fourth-order valence-corrected chi connectivity index (χ4v) is 3.42. The van der Waals surface area contributed by atoms with Crippen LogP contribution in [0.2, 0.25) is 0 Å². The van der Waals surface area contributed by atoms with Gasteiger partial charge in [0.05, 0.1) is 0 Å². The van der Waals surface area contributed by atoms with Crippen molar-refractivity contribution in [2.75, 3.05) is 13.7 Å². The van der Waals surface area contributed by atoms with Crippen LogP contribution in [0, 0.1) is 11.3 Å². The lowest BCUT2D eigenvalue weighted by Gasteiger charge is -2.30. The number of carbonyl (C=O) groups is 1. The van der Waals surface area contributed by atoms with Crippen molar-refractivity contribution in [2.24, 2.45) is 11.3 Å². The van der Waals surface area contributed by atoms with Gasteiger partial charge in [-0.3, -0.25) is 4.79 Å². The molecule has 0 radical (unpaired) electrons. The molecule has 1 aliphatic carbocycles. The zero-order valence-corrected chi connectivity index (χ0v) is 12.7. The predicted molar refractivity (Wildman–Crippen MR) is 78.9 cm³/mol. The van der Waals surface area contributed by atoms with Gasteiger partial charge in [0.25, 0.3) is 0 Å². The summed E-state index contributed by atoms with van der Waals surface area (Å²) < 4.78 is 0. The molecular formula is C16H31NO2. The van der Waals surface area contributed by atoms with Crippen LogP contribution in [0.15, 0.2) is 0 Å². The van der Waals surface area contributed by atoms with Crippen molar-refractivity contribution in [3.05, 3.63) is 0 Å². The van der Waals surface area contributed by atoms with E-state index in [9.17, 15) is 9.90 Å². The molecule has 2 N–H and O–H groups in total. The summed E-state index contributed by atoms with van der Waals surface area (Å²) in [6.45, 7) is 2.45. The second kappa shape index (κ2) is 8.57. The zero-order chi connectivity index (χ0) is 14.1. The lowest BCUT2D eigenvalue weighted by atomic mass is 9.76. The second-order valence-corrected chi connectivity index (χ2v) is 6.23. The Kier molecular flexibility index (Phi) is 7.44. The van der Waals surface area contributed by atoms with E-state index in [1.165, 1.54) is 32.1 Å². The molecule has 3 heteroatoms. The van der Waals surface area contributed by atoms with Crippen LogP contribution in [-0.4, -0.2) is 24.7 Å². The maximum atomic E-state index is 12.0. The fraction of sp³-hybridized carbons (Fsp3) is 0.938. The van der Waals surface area contributed by atoms with E-state index in [2.05, 4.69) is 12.2 Å². The first-order valence-corrected chi connectivity index (χ1v) is 8.00. The quantitative estimate of drug-likeness (QED) is 0.631. The van der Waals surface area contributed by atoms with Gasteiger partial charge in [0.2, 0.25) is 5.91 Å². The number of rotatable bonds is 9. The van der Waals surface area contributed by atoms with Gasteiger partial charge in [-0.2, -0.15) is 0 Å². The van der Waals surface area contributed by atoms with E-state index < -0.39 is 0 Å². The van der Waals surface area contributed by atoms with Gasteiger partial charge in [0.1, 0.15) is 0 Å². The Labute approximate surface area is 118 Å². The largest absolute Gasteiger partial charge is 0.396 e. The summed E-state index contributed by atoms with van der Waals surface area (Å²) >= 11 is 0. The van der Waals surface area contributed by atoms with Gasteiger partial charge in [-0.25, -0.2) is 0 Å². The van der Waals surface area contributed by atoms with Gasteiger partial charge >= 0.3 is 0 Å². The van der Waals surface area contributed by atoms with Crippen molar-refractivity contribution in [2.45, 2.75) is 71.1 Å². The van der Waals surface area contributed by atoms with Gasteiger partial charge in [0.15, 0.2) is 0 Å². The van der Waals surface area contributed by atoms with Crippen LogP contribution in [0.5, 0.6) is 0 Å². The molecule has 0 aromatic carbocycles. The molecule has 1 atom stereocenters. The summed E-state index contributed by atoms with van der Waals surface area (Å²) in [5.41, 5.74) is 0.0297. The Morgan fingerprint density at radius 1 is 1.26 bits per heavy atom. The molecule has 0 spiro atoms. The van der Waals surface area contributed by atoms with Crippen LogP contribution in [0.4, 0.5) is 0 Å². The molecular weight excluding hydrogens is 238 g/mol. The van der Waals surface area contributed by atoms with Crippen molar-refractivity contribution >= 4 is 5.91 Å². The first-order chi connectivity index (χ1) is 9.17. The maximum Gasteiger partial charge on any atom is 0.222 e. The molecule has 0 aliphatic heterocycles. The van der Waals surface area contributed by atoms with E-state index in [1.54, 1.807) is 7.05 Å². The van der Waals surface area contributed by atoms with Crippen LogP contribution >= 0.6 is 0 Å². The molecule has 0 aromatic rings. The fourth-order valence-electron chi connectivity index (χ4n) is 3.42. The minimum atomic E-state index is 0.0297. The Morgan fingerprint density at radius 3 is 2.47 bits per heavy atom. The number of hydrogen-bond donors (Lipinski definition) is 2. The molecule has 0 saturated heterocycles. The second-order valence-electron chi connectivity index (χ2n) is 6.23. The van der Waals surface area contributed by atoms with E-state index in [4.69, 9.17) is 0 Å². The number of amides is 1. The van der Waals surface area contributed by atoms with Gasteiger partial charge in [-0.05, 0) is 31.1 Å². The molecule has 0 aromatic heterocycles. The number of unbranched alkanes of at least 4 members (excludes halogenated alkanes) is 3. The molecule has 19 heavy (non-hydrogen) atoms. The molecule has 1 aliphatic rings. The van der Waals surface area contributed by atoms with Gasteiger partial charge in [0, 0.05) is 19.6 Å². The molecule has 3 nitrogen and oxygen atoms in total. The highest BCUT2D eigenvalue weighted by Crippen LogP contribution is 2.43. The molecule has 1 amide bonds. The monoisotopic (exact) mass is 269 g/mol. The van der Waals surface area contributed by atoms with Gasteiger partial charge in [-0.1, -0.05) is 45.4 Å². The maximum absolute atomic E-state index is 12.0. The van der Waals surface area contributed by atoms with Crippen molar-refractivity contribution in [1.82, 2.24) is 5.32 Å². The highest BCUT2D eigenvalue weighted by atomic mass is 16.3. The summed E-state index contributed by atoms with van der Waals surface area (Å²) in [6.07, 6.45) is 11.3. The number of aliphatic hydroxyl groups excluding tert-OH is 1. The third-order valence-electron chi connectivity index (χ3n) is 4.70. The van der Waals surface area contributed by atoms with Crippen molar-refractivity contribution < 1.29 is 9.90 Å². The van der Waals surface area contributed by atoms with E-state index in [0.717, 1.165) is 32.1 Å². The van der Waals surface area contributed by atoms with Crippen molar-refractivity contribution in [3.8, 4) is 0 Å². The minimum absolute atomic E-state index is 0.0297. The highest BCUT2D eigenvalue weighted by Gasteiger charge is 2.37. The van der Waals surface area contributed by atoms with E-state index >= 15 is 0 Å². The zero-order valence-electron chi connectivity index (χ0n) is 12.7. The molecule has 1 unspecified atom stereocenters. The van der Waals surface area contributed by atoms with Crippen LogP contribution in [-0.2, 0) is 4.79 Å². The van der Waals surface area contributed by atoms with Crippen LogP contribution in [0.25, 0.3) is 0 Å². The van der Waals surface area contributed by atoms with Crippen molar-refractivity contribution in [1.29, 1.82) is 0 Å². The van der Waals surface area contributed by atoms with E-state index in [0.29, 0.717) is 0 Å². The average Bonchev–Trinajstić information content (AvgIpc) is 2.90. The Balaban J connectivity index is 2.50.